The lowest BCUT2D eigenvalue weighted by Crippen LogP contribution is -2.15. The Labute approximate surface area is 178 Å². The van der Waals surface area contributed by atoms with E-state index in [1.54, 1.807) is 7.11 Å². The van der Waals surface area contributed by atoms with Gasteiger partial charge >= 0.3 is 0 Å². The summed E-state index contributed by atoms with van der Waals surface area (Å²) in [5, 5.41) is 0. The molecule has 0 radical (unpaired) electrons. The SMILES string of the molecule is COc1ccccc1-c1nc(C(Br)(Br)Br)nc(C(Br)(Br)Br)n1. The molecule has 10 heteroatoms. The number of ether oxygens (including phenoxy) is 1. The van der Waals surface area contributed by atoms with Crippen molar-refractivity contribution in [3.05, 3.63) is 35.9 Å². The van der Waals surface area contributed by atoms with Gasteiger partial charge in [0.2, 0.25) is 0 Å². The smallest absolute Gasteiger partial charge is 0.194 e. The Morgan fingerprint density at radius 3 is 1.77 bits per heavy atom. The van der Waals surface area contributed by atoms with Crippen LogP contribution < -0.4 is 4.74 Å². The molecule has 0 aliphatic rings. The maximum atomic E-state index is 5.38. The topological polar surface area (TPSA) is 47.9 Å². The van der Waals surface area contributed by atoms with E-state index < -0.39 is 4.29 Å². The number of hydrogen-bond donors (Lipinski definition) is 0. The average molecular weight is 689 g/mol. The molecule has 0 aliphatic carbocycles. The summed E-state index contributed by atoms with van der Waals surface area (Å²) in [6.45, 7) is 0. The minimum Gasteiger partial charge on any atom is -0.496 e. The molecule has 0 N–H and O–H groups in total. The molecule has 0 spiro atoms. The fourth-order valence-electron chi connectivity index (χ4n) is 1.58. The molecular weight excluding hydrogens is 682 g/mol. The lowest BCUT2D eigenvalue weighted by Gasteiger charge is -2.17. The zero-order valence-electron chi connectivity index (χ0n) is 10.8. The third-order valence-electron chi connectivity index (χ3n) is 2.49. The summed E-state index contributed by atoms with van der Waals surface area (Å²) in [5.41, 5.74) is 0.767. The van der Waals surface area contributed by atoms with Gasteiger partial charge in [0, 0.05) is 0 Å². The zero-order valence-corrected chi connectivity index (χ0v) is 20.3. The Kier molecular flexibility index (Phi) is 6.50. The van der Waals surface area contributed by atoms with E-state index in [4.69, 9.17) is 4.74 Å². The second-order valence-electron chi connectivity index (χ2n) is 4.00. The van der Waals surface area contributed by atoms with Crippen molar-refractivity contribution < 1.29 is 4.74 Å². The number of halogens is 6. The normalized spacial score (nSPS) is 12.3. The van der Waals surface area contributed by atoms with Gasteiger partial charge < -0.3 is 4.74 Å². The van der Waals surface area contributed by atoms with Crippen LogP contribution in [0.3, 0.4) is 0 Å². The molecule has 0 unspecified atom stereocenters. The second kappa shape index (κ2) is 7.43. The summed E-state index contributed by atoms with van der Waals surface area (Å²) in [4.78, 5) is 13.4. The van der Waals surface area contributed by atoms with Crippen molar-refractivity contribution in [2.24, 2.45) is 0 Å². The highest BCUT2D eigenvalue weighted by Gasteiger charge is 2.32. The van der Waals surface area contributed by atoms with Crippen molar-refractivity contribution in [2.45, 2.75) is 4.29 Å². The van der Waals surface area contributed by atoms with Crippen LogP contribution in [0.5, 0.6) is 5.75 Å². The Morgan fingerprint density at radius 2 is 1.32 bits per heavy atom. The fraction of sp³-hybridized carbons (Fsp3) is 0.250. The summed E-state index contributed by atoms with van der Waals surface area (Å²) in [6, 6.07) is 7.53. The molecule has 118 valence electrons. The van der Waals surface area contributed by atoms with Gasteiger partial charge in [-0.2, -0.15) is 0 Å². The number of nitrogens with zero attached hydrogens (tertiary/aromatic N) is 3. The Hall–Kier alpha value is 0.910. The summed E-state index contributed by atoms with van der Waals surface area (Å²) >= 11 is 20.6. The van der Waals surface area contributed by atoms with Crippen molar-refractivity contribution in [3.8, 4) is 17.1 Å². The standard InChI is InChI=1S/C12H7Br6N3O/c1-22-7-5-3-2-4-6(7)8-19-9(11(13,14)15)21-10(20-8)12(16,17)18/h2-5H,1H3. The molecule has 0 amide bonds. The van der Waals surface area contributed by atoms with Crippen LogP contribution in [0.25, 0.3) is 11.4 Å². The van der Waals surface area contributed by atoms with E-state index in [2.05, 4.69) is 111 Å². The zero-order chi connectivity index (χ0) is 16.5. The highest BCUT2D eigenvalue weighted by Crippen LogP contribution is 2.46. The van der Waals surface area contributed by atoms with Gasteiger partial charge in [-0.25, -0.2) is 15.0 Å². The van der Waals surface area contributed by atoms with Crippen molar-refractivity contribution in [3.63, 3.8) is 0 Å². The van der Waals surface area contributed by atoms with E-state index in [0.717, 1.165) is 5.56 Å². The monoisotopic (exact) mass is 683 g/mol. The molecule has 1 aromatic carbocycles. The molecule has 2 rings (SSSR count). The molecule has 0 saturated carbocycles. The van der Waals surface area contributed by atoms with E-state index in [-0.39, 0.29) is 0 Å². The van der Waals surface area contributed by atoms with Crippen LogP contribution in [-0.4, -0.2) is 22.1 Å². The fourth-order valence-corrected chi connectivity index (χ4v) is 2.64. The maximum absolute atomic E-state index is 5.38. The van der Waals surface area contributed by atoms with Crippen LogP contribution in [0.2, 0.25) is 0 Å². The first-order chi connectivity index (χ1) is 10.1. The number of rotatable bonds is 2. The Morgan fingerprint density at radius 1 is 0.818 bits per heavy atom. The molecule has 2 aromatic rings. The van der Waals surface area contributed by atoms with E-state index in [9.17, 15) is 0 Å². The van der Waals surface area contributed by atoms with Crippen LogP contribution >= 0.6 is 95.6 Å². The molecule has 22 heavy (non-hydrogen) atoms. The third-order valence-corrected chi connectivity index (χ3v) is 4.62. The summed E-state index contributed by atoms with van der Waals surface area (Å²) in [7, 11) is 1.61. The number of aromatic nitrogens is 3. The second-order valence-corrected chi connectivity index (χ2v) is 17.5. The number of methoxy groups -OCH3 is 1. The van der Waals surface area contributed by atoms with Gasteiger partial charge in [0.15, 0.2) is 21.8 Å². The molecular formula is C12H7Br6N3O. The number of para-hydroxylation sites is 1. The molecule has 0 fully saturated rings. The van der Waals surface area contributed by atoms with Crippen LogP contribution in [-0.2, 0) is 4.29 Å². The maximum Gasteiger partial charge on any atom is 0.194 e. The average Bonchev–Trinajstić information content (AvgIpc) is 2.45. The quantitative estimate of drug-likeness (QED) is 0.356. The van der Waals surface area contributed by atoms with Crippen LogP contribution in [0, 0.1) is 0 Å². The van der Waals surface area contributed by atoms with Crippen molar-refractivity contribution >= 4 is 95.6 Å². The van der Waals surface area contributed by atoms with Gasteiger partial charge in [0.1, 0.15) is 5.75 Å². The molecule has 1 aromatic heterocycles. The van der Waals surface area contributed by atoms with Gasteiger partial charge in [-0.3, -0.25) is 0 Å². The minimum absolute atomic E-state index is 0.459. The van der Waals surface area contributed by atoms with Crippen molar-refractivity contribution in [1.29, 1.82) is 0 Å². The summed E-state index contributed by atoms with van der Waals surface area (Å²) < 4.78 is 3.85. The summed E-state index contributed by atoms with van der Waals surface area (Å²) in [5.74, 6) is 2.09. The number of hydrogen-bond acceptors (Lipinski definition) is 4. The van der Waals surface area contributed by atoms with Gasteiger partial charge in [0.05, 0.1) is 12.7 Å². The van der Waals surface area contributed by atoms with E-state index in [1.165, 1.54) is 0 Å². The predicted octanol–water partition coefficient (Wildman–Crippen LogP) is 6.14. The highest BCUT2D eigenvalue weighted by atomic mass is 80.0. The lowest BCUT2D eigenvalue weighted by molar-refractivity contribution is 0.416. The van der Waals surface area contributed by atoms with Gasteiger partial charge in [0.25, 0.3) is 0 Å². The first-order valence-electron chi connectivity index (χ1n) is 5.67. The van der Waals surface area contributed by atoms with E-state index >= 15 is 0 Å². The van der Waals surface area contributed by atoms with Crippen LogP contribution in [0.1, 0.15) is 11.6 Å². The first-order valence-corrected chi connectivity index (χ1v) is 10.4. The molecule has 0 bridgehead atoms. The lowest BCUT2D eigenvalue weighted by atomic mass is 10.2. The van der Waals surface area contributed by atoms with Gasteiger partial charge in [-0.1, -0.05) is 108 Å². The molecule has 4 nitrogen and oxygen atoms in total. The van der Waals surface area contributed by atoms with E-state index in [1.807, 2.05) is 24.3 Å². The van der Waals surface area contributed by atoms with E-state index in [0.29, 0.717) is 23.2 Å². The van der Waals surface area contributed by atoms with Crippen molar-refractivity contribution in [2.75, 3.05) is 7.11 Å². The molecule has 0 atom stereocenters. The minimum atomic E-state index is -0.764. The van der Waals surface area contributed by atoms with Crippen molar-refractivity contribution in [1.82, 2.24) is 15.0 Å². The third kappa shape index (κ3) is 4.72. The highest BCUT2D eigenvalue weighted by molar-refractivity contribution is 9.39. The Bertz CT molecular complexity index is 651. The van der Waals surface area contributed by atoms with Crippen LogP contribution in [0.15, 0.2) is 24.3 Å². The number of alkyl halides is 6. The molecule has 0 saturated heterocycles. The molecule has 1 heterocycles. The molecule has 0 aliphatic heterocycles. The first kappa shape index (κ1) is 19.2. The van der Waals surface area contributed by atoms with Gasteiger partial charge in [-0.05, 0) is 12.1 Å². The summed E-state index contributed by atoms with van der Waals surface area (Å²) in [6.07, 6.45) is 0. The van der Waals surface area contributed by atoms with Crippen LogP contribution in [0.4, 0.5) is 0 Å². The Balaban J connectivity index is 2.70. The number of benzene rings is 1. The van der Waals surface area contributed by atoms with Gasteiger partial charge in [-0.15, -0.1) is 0 Å². The largest absolute Gasteiger partial charge is 0.496 e. The predicted molar refractivity (Wildman–Crippen MR) is 109 cm³/mol.